The molecule has 0 bridgehead atoms. The summed E-state index contributed by atoms with van der Waals surface area (Å²) in [6.45, 7) is 8.95. The van der Waals surface area contributed by atoms with Crippen LogP contribution in [0.15, 0.2) is 28.7 Å². The molecule has 2 heterocycles. The van der Waals surface area contributed by atoms with Crippen LogP contribution in [0, 0.1) is 0 Å². The van der Waals surface area contributed by atoms with Gasteiger partial charge in [0.2, 0.25) is 0 Å². The predicted octanol–water partition coefficient (Wildman–Crippen LogP) is 2.42. The van der Waals surface area contributed by atoms with Crippen LogP contribution in [0.2, 0.25) is 0 Å². The Morgan fingerprint density at radius 1 is 1.19 bits per heavy atom. The number of fused-ring (bicyclic) bond motifs is 1. The Bertz CT molecular complexity index is 573. The van der Waals surface area contributed by atoms with Crippen LogP contribution in [0.1, 0.15) is 18.2 Å². The van der Waals surface area contributed by atoms with Gasteiger partial charge in [-0.15, -0.1) is 0 Å². The molecule has 21 heavy (non-hydrogen) atoms. The van der Waals surface area contributed by atoms with Crippen molar-refractivity contribution < 1.29 is 9.15 Å². The van der Waals surface area contributed by atoms with E-state index in [2.05, 4.69) is 29.3 Å². The fourth-order valence-corrected chi connectivity index (χ4v) is 2.90. The Balaban J connectivity index is 1.57. The van der Waals surface area contributed by atoms with Crippen molar-refractivity contribution in [2.45, 2.75) is 19.9 Å². The summed E-state index contributed by atoms with van der Waals surface area (Å²) >= 11 is 0. The van der Waals surface area contributed by atoms with Crippen molar-refractivity contribution in [3.8, 4) is 0 Å². The molecule has 0 saturated carbocycles. The van der Waals surface area contributed by atoms with Crippen molar-refractivity contribution in [3.05, 3.63) is 35.6 Å². The Morgan fingerprint density at radius 3 is 2.81 bits per heavy atom. The lowest BCUT2D eigenvalue weighted by Gasteiger charge is -2.26. The van der Waals surface area contributed by atoms with E-state index >= 15 is 0 Å². The topological polar surface area (TPSA) is 37.6 Å². The molecule has 4 heteroatoms. The first kappa shape index (κ1) is 14.6. The molecule has 0 spiro atoms. The standard InChI is InChI=1S/C17H24N2O2/c1-2-16-15(14-5-3-4-6-17(14)21-16)13-18-7-8-19-9-11-20-12-10-19/h3-6,18H,2,7-13H2,1H3. The van der Waals surface area contributed by atoms with Crippen molar-refractivity contribution in [3.63, 3.8) is 0 Å². The highest BCUT2D eigenvalue weighted by atomic mass is 16.5. The monoisotopic (exact) mass is 288 g/mol. The molecule has 4 nitrogen and oxygen atoms in total. The number of furan rings is 1. The average Bonchev–Trinajstić information content (AvgIpc) is 2.90. The van der Waals surface area contributed by atoms with Crippen molar-refractivity contribution in [2.24, 2.45) is 0 Å². The largest absolute Gasteiger partial charge is 0.461 e. The molecule has 0 amide bonds. The van der Waals surface area contributed by atoms with E-state index in [1.165, 1.54) is 10.9 Å². The first-order chi connectivity index (χ1) is 10.4. The lowest BCUT2D eigenvalue weighted by molar-refractivity contribution is 0.0384. The third kappa shape index (κ3) is 3.46. The summed E-state index contributed by atoms with van der Waals surface area (Å²) in [5.41, 5.74) is 2.31. The molecular formula is C17H24N2O2. The van der Waals surface area contributed by atoms with Gasteiger partial charge in [-0.05, 0) is 6.07 Å². The second-order valence-electron chi connectivity index (χ2n) is 5.48. The van der Waals surface area contributed by atoms with E-state index in [-0.39, 0.29) is 0 Å². The van der Waals surface area contributed by atoms with E-state index < -0.39 is 0 Å². The van der Waals surface area contributed by atoms with Gasteiger partial charge < -0.3 is 14.5 Å². The number of nitrogens with zero attached hydrogens (tertiary/aromatic N) is 1. The second-order valence-corrected chi connectivity index (χ2v) is 5.48. The minimum absolute atomic E-state index is 0.867. The molecule has 1 aliphatic rings. The highest BCUT2D eigenvalue weighted by molar-refractivity contribution is 5.82. The quantitative estimate of drug-likeness (QED) is 0.828. The van der Waals surface area contributed by atoms with Crippen LogP contribution in [0.4, 0.5) is 0 Å². The fourth-order valence-electron chi connectivity index (χ4n) is 2.90. The number of benzene rings is 1. The number of para-hydroxylation sites is 1. The van der Waals surface area contributed by atoms with E-state index in [4.69, 9.17) is 9.15 Å². The van der Waals surface area contributed by atoms with E-state index in [0.717, 1.165) is 63.7 Å². The van der Waals surface area contributed by atoms with Gasteiger partial charge in [-0.2, -0.15) is 0 Å². The molecule has 114 valence electrons. The van der Waals surface area contributed by atoms with E-state index in [1.54, 1.807) is 0 Å². The maximum Gasteiger partial charge on any atom is 0.134 e. The van der Waals surface area contributed by atoms with Crippen LogP contribution in [0.5, 0.6) is 0 Å². The highest BCUT2D eigenvalue weighted by Gasteiger charge is 2.13. The van der Waals surface area contributed by atoms with E-state index in [9.17, 15) is 0 Å². The van der Waals surface area contributed by atoms with Gasteiger partial charge in [-0.25, -0.2) is 0 Å². The molecule has 1 saturated heterocycles. The molecule has 1 fully saturated rings. The van der Waals surface area contributed by atoms with E-state index in [1.807, 2.05) is 12.1 Å². The minimum atomic E-state index is 0.867. The lowest BCUT2D eigenvalue weighted by atomic mass is 10.1. The third-order valence-corrected chi connectivity index (χ3v) is 4.11. The van der Waals surface area contributed by atoms with Crippen LogP contribution in [-0.4, -0.2) is 44.3 Å². The summed E-state index contributed by atoms with van der Waals surface area (Å²) in [7, 11) is 0. The zero-order valence-corrected chi connectivity index (χ0v) is 12.7. The number of aryl methyl sites for hydroxylation is 1. The summed E-state index contributed by atoms with van der Waals surface area (Å²) in [6, 6.07) is 8.30. The maximum absolute atomic E-state index is 5.93. The molecule has 1 aromatic carbocycles. The van der Waals surface area contributed by atoms with Crippen LogP contribution in [-0.2, 0) is 17.7 Å². The van der Waals surface area contributed by atoms with Gasteiger partial charge in [-0.1, -0.05) is 25.1 Å². The molecular weight excluding hydrogens is 264 g/mol. The zero-order chi connectivity index (χ0) is 14.5. The Labute approximate surface area is 126 Å². The van der Waals surface area contributed by atoms with Gasteiger partial charge in [0, 0.05) is 50.1 Å². The molecule has 0 radical (unpaired) electrons. The minimum Gasteiger partial charge on any atom is -0.461 e. The SMILES string of the molecule is CCc1oc2ccccc2c1CNCCN1CCOCC1. The Morgan fingerprint density at radius 2 is 2.00 bits per heavy atom. The van der Waals surface area contributed by atoms with Gasteiger partial charge in [0.1, 0.15) is 11.3 Å². The van der Waals surface area contributed by atoms with Gasteiger partial charge in [0.25, 0.3) is 0 Å². The lowest BCUT2D eigenvalue weighted by Crippen LogP contribution is -2.40. The maximum atomic E-state index is 5.93. The second kappa shape index (κ2) is 7.07. The summed E-state index contributed by atoms with van der Waals surface area (Å²) in [5, 5.41) is 4.80. The highest BCUT2D eigenvalue weighted by Crippen LogP contribution is 2.26. The smallest absolute Gasteiger partial charge is 0.134 e. The molecule has 2 aromatic rings. The van der Waals surface area contributed by atoms with Gasteiger partial charge >= 0.3 is 0 Å². The fraction of sp³-hybridized carbons (Fsp3) is 0.529. The molecule has 1 aliphatic heterocycles. The number of hydrogen-bond donors (Lipinski definition) is 1. The predicted molar refractivity (Wildman–Crippen MR) is 84.6 cm³/mol. The summed E-state index contributed by atoms with van der Waals surface area (Å²) in [5.74, 6) is 1.11. The van der Waals surface area contributed by atoms with Gasteiger partial charge in [0.05, 0.1) is 13.2 Å². The van der Waals surface area contributed by atoms with Crippen LogP contribution >= 0.6 is 0 Å². The van der Waals surface area contributed by atoms with Gasteiger partial charge in [0.15, 0.2) is 0 Å². The zero-order valence-electron chi connectivity index (χ0n) is 12.7. The number of morpholine rings is 1. The van der Waals surface area contributed by atoms with Crippen LogP contribution in [0.25, 0.3) is 11.0 Å². The van der Waals surface area contributed by atoms with Crippen molar-refractivity contribution in [2.75, 3.05) is 39.4 Å². The van der Waals surface area contributed by atoms with E-state index in [0.29, 0.717) is 0 Å². The molecule has 1 N–H and O–H groups in total. The number of hydrogen-bond acceptors (Lipinski definition) is 4. The van der Waals surface area contributed by atoms with Crippen molar-refractivity contribution >= 4 is 11.0 Å². The Kier molecular flexibility index (Phi) is 4.91. The Hall–Kier alpha value is -1.36. The molecule has 3 rings (SSSR count). The summed E-state index contributed by atoms with van der Waals surface area (Å²) < 4.78 is 11.3. The van der Waals surface area contributed by atoms with Crippen LogP contribution < -0.4 is 5.32 Å². The number of nitrogens with one attached hydrogen (secondary N) is 1. The molecule has 1 aromatic heterocycles. The normalized spacial score (nSPS) is 16.6. The third-order valence-electron chi connectivity index (χ3n) is 4.11. The average molecular weight is 288 g/mol. The first-order valence-electron chi connectivity index (χ1n) is 7.88. The number of ether oxygens (including phenoxy) is 1. The number of rotatable bonds is 6. The molecule has 0 unspecified atom stereocenters. The van der Waals surface area contributed by atoms with Crippen molar-refractivity contribution in [1.29, 1.82) is 0 Å². The van der Waals surface area contributed by atoms with Crippen molar-refractivity contribution in [1.82, 2.24) is 10.2 Å². The van der Waals surface area contributed by atoms with Gasteiger partial charge in [-0.3, -0.25) is 4.90 Å². The summed E-state index contributed by atoms with van der Waals surface area (Å²) in [6.07, 6.45) is 0.940. The summed E-state index contributed by atoms with van der Waals surface area (Å²) in [4.78, 5) is 2.45. The van der Waals surface area contributed by atoms with Crippen LogP contribution in [0.3, 0.4) is 0 Å². The molecule has 0 aliphatic carbocycles. The molecule has 0 atom stereocenters. The first-order valence-corrected chi connectivity index (χ1v) is 7.88.